The molecule has 1 aliphatic carbocycles. The zero-order chi connectivity index (χ0) is 20.1. The number of nitrogens with zero attached hydrogens (tertiary/aromatic N) is 3. The second kappa shape index (κ2) is 9.24. The van der Waals surface area contributed by atoms with Gasteiger partial charge in [-0.05, 0) is 31.4 Å². The van der Waals surface area contributed by atoms with Gasteiger partial charge in [0.15, 0.2) is 0 Å². The van der Waals surface area contributed by atoms with Crippen molar-refractivity contribution < 1.29 is 9.59 Å². The van der Waals surface area contributed by atoms with Crippen LogP contribution in [0.2, 0.25) is 5.02 Å². The summed E-state index contributed by atoms with van der Waals surface area (Å²) < 4.78 is 1.65. The summed E-state index contributed by atoms with van der Waals surface area (Å²) in [6, 6.07) is 7.34. The first-order chi connectivity index (χ1) is 13.5. The second-order valence-electron chi connectivity index (χ2n) is 7.49. The van der Waals surface area contributed by atoms with Gasteiger partial charge in [-0.15, -0.1) is 0 Å². The van der Waals surface area contributed by atoms with Gasteiger partial charge < -0.3 is 10.6 Å². The van der Waals surface area contributed by atoms with Crippen molar-refractivity contribution in [2.75, 3.05) is 13.1 Å². The van der Waals surface area contributed by atoms with Crippen molar-refractivity contribution >= 4 is 23.4 Å². The first-order valence-corrected chi connectivity index (χ1v) is 10.2. The number of aromatic nitrogens is 2. The molecule has 6 nitrogen and oxygen atoms in total. The third-order valence-electron chi connectivity index (χ3n) is 5.49. The highest BCUT2D eigenvalue weighted by Crippen LogP contribution is 2.27. The van der Waals surface area contributed by atoms with Crippen LogP contribution in [0.1, 0.15) is 54.6 Å². The Labute approximate surface area is 170 Å². The monoisotopic (exact) mass is 402 g/mol. The van der Waals surface area contributed by atoms with Crippen molar-refractivity contribution in [2.24, 2.45) is 11.7 Å². The van der Waals surface area contributed by atoms with Gasteiger partial charge in [0.2, 0.25) is 5.91 Å². The average molecular weight is 403 g/mol. The highest BCUT2D eigenvalue weighted by atomic mass is 35.5. The molecule has 1 aliphatic rings. The van der Waals surface area contributed by atoms with Crippen molar-refractivity contribution in [2.45, 2.75) is 45.4 Å². The smallest absolute Gasteiger partial charge is 0.257 e. The van der Waals surface area contributed by atoms with E-state index in [0.717, 1.165) is 6.42 Å². The van der Waals surface area contributed by atoms with E-state index < -0.39 is 5.91 Å². The number of benzene rings is 1. The third-order valence-corrected chi connectivity index (χ3v) is 5.81. The predicted molar refractivity (Wildman–Crippen MR) is 110 cm³/mol. The highest BCUT2D eigenvalue weighted by Gasteiger charge is 2.24. The first-order valence-electron chi connectivity index (χ1n) is 9.84. The van der Waals surface area contributed by atoms with Crippen molar-refractivity contribution in [1.82, 2.24) is 14.7 Å². The fourth-order valence-electron chi connectivity index (χ4n) is 3.91. The van der Waals surface area contributed by atoms with Crippen LogP contribution < -0.4 is 5.73 Å². The standard InChI is InChI=1S/C21H27ClN4O2/c1-15-17(13-24-26(15)19-10-6-5-9-18(19)22)21(28)25(14-20(23)27)12-11-16-7-3-2-4-8-16/h5-6,9-10,13,16H,2-4,7-8,11-12,14H2,1H3,(H2,23,27). The summed E-state index contributed by atoms with van der Waals surface area (Å²) in [7, 11) is 0. The Morgan fingerprint density at radius 2 is 1.96 bits per heavy atom. The summed E-state index contributed by atoms with van der Waals surface area (Å²) in [6.07, 6.45) is 8.62. The van der Waals surface area contributed by atoms with Crippen molar-refractivity contribution in [3.8, 4) is 5.69 Å². The van der Waals surface area contributed by atoms with Gasteiger partial charge in [-0.25, -0.2) is 4.68 Å². The summed E-state index contributed by atoms with van der Waals surface area (Å²) in [6.45, 7) is 2.28. The van der Waals surface area contributed by atoms with Crippen LogP contribution in [-0.2, 0) is 4.79 Å². The fourth-order valence-corrected chi connectivity index (χ4v) is 4.13. The van der Waals surface area contributed by atoms with Gasteiger partial charge >= 0.3 is 0 Å². The number of hydrogen-bond donors (Lipinski definition) is 1. The van der Waals surface area contributed by atoms with E-state index in [2.05, 4.69) is 5.10 Å². The molecule has 3 rings (SSSR count). The summed E-state index contributed by atoms with van der Waals surface area (Å²) in [5.74, 6) is -0.109. The number of para-hydroxylation sites is 1. The fraction of sp³-hybridized carbons (Fsp3) is 0.476. The maximum atomic E-state index is 13.1. The van der Waals surface area contributed by atoms with Crippen molar-refractivity contribution in [1.29, 1.82) is 0 Å². The molecule has 1 aromatic carbocycles. The van der Waals surface area contributed by atoms with Gasteiger partial charge in [-0.2, -0.15) is 5.10 Å². The molecule has 0 saturated heterocycles. The molecule has 0 spiro atoms. The van der Waals surface area contributed by atoms with Crippen molar-refractivity contribution in [3.63, 3.8) is 0 Å². The number of halogens is 1. The molecule has 2 N–H and O–H groups in total. The van der Waals surface area contributed by atoms with Crippen molar-refractivity contribution in [3.05, 3.63) is 46.7 Å². The van der Waals surface area contributed by atoms with Gasteiger partial charge in [-0.1, -0.05) is 55.8 Å². The zero-order valence-electron chi connectivity index (χ0n) is 16.2. The van der Waals surface area contributed by atoms with E-state index >= 15 is 0 Å². The van der Waals surface area contributed by atoms with Crippen LogP contribution in [0.5, 0.6) is 0 Å². The Balaban J connectivity index is 1.78. The van der Waals surface area contributed by atoms with Crippen LogP contribution >= 0.6 is 11.6 Å². The van der Waals surface area contributed by atoms with Gasteiger partial charge in [0.05, 0.1) is 34.7 Å². The molecule has 0 aliphatic heterocycles. The Kier molecular flexibility index (Phi) is 6.73. The van der Waals surface area contributed by atoms with Gasteiger partial charge in [0.1, 0.15) is 0 Å². The summed E-state index contributed by atoms with van der Waals surface area (Å²) in [5.41, 5.74) is 7.26. The van der Waals surface area contributed by atoms with Crippen LogP contribution in [0.15, 0.2) is 30.5 Å². The number of rotatable bonds is 7. The van der Waals surface area contributed by atoms with Gasteiger partial charge in [-0.3, -0.25) is 9.59 Å². The maximum Gasteiger partial charge on any atom is 0.257 e. The Morgan fingerprint density at radius 1 is 1.25 bits per heavy atom. The van der Waals surface area contributed by atoms with Crippen LogP contribution in [0.3, 0.4) is 0 Å². The Morgan fingerprint density at radius 3 is 2.64 bits per heavy atom. The summed E-state index contributed by atoms with van der Waals surface area (Å²) in [4.78, 5) is 26.2. The van der Waals surface area contributed by atoms with E-state index in [0.29, 0.717) is 34.4 Å². The van der Waals surface area contributed by atoms with Crippen LogP contribution in [0, 0.1) is 12.8 Å². The predicted octanol–water partition coefficient (Wildman–Crippen LogP) is 3.73. The van der Waals surface area contributed by atoms with E-state index in [1.54, 1.807) is 15.6 Å². The van der Waals surface area contributed by atoms with Gasteiger partial charge in [0, 0.05) is 6.54 Å². The average Bonchev–Trinajstić information content (AvgIpc) is 3.06. The summed E-state index contributed by atoms with van der Waals surface area (Å²) in [5, 5.41) is 4.90. The lowest BCUT2D eigenvalue weighted by atomic mass is 9.87. The largest absolute Gasteiger partial charge is 0.368 e. The molecule has 1 heterocycles. The molecule has 7 heteroatoms. The van der Waals surface area contributed by atoms with Crippen LogP contribution in [0.4, 0.5) is 0 Å². The lowest BCUT2D eigenvalue weighted by Crippen LogP contribution is -2.40. The minimum absolute atomic E-state index is 0.0811. The molecular weight excluding hydrogens is 376 g/mol. The molecular formula is C21H27ClN4O2. The van der Waals surface area contributed by atoms with E-state index in [1.165, 1.54) is 38.3 Å². The molecule has 0 atom stereocenters. The Bertz CT molecular complexity index is 843. The third kappa shape index (κ3) is 4.73. The molecule has 2 amide bonds. The number of nitrogens with two attached hydrogens (primary N) is 1. The minimum Gasteiger partial charge on any atom is -0.368 e. The first kappa shape index (κ1) is 20.4. The van der Waals surface area contributed by atoms with Crippen LogP contribution in [-0.4, -0.2) is 39.6 Å². The highest BCUT2D eigenvalue weighted by molar-refractivity contribution is 6.32. The topological polar surface area (TPSA) is 81.2 Å². The molecule has 1 saturated carbocycles. The molecule has 0 unspecified atom stereocenters. The lowest BCUT2D eigenvalue weighted by molar-refractivity contribution is -0.118. The maximum absolute atomic E-state index is 13.1. The Hall–Kier alpha value is -2.34. The number of amides is 2. The number of primary amides is 1. The molecule has 1 aromatic heterocycles. The zero-order valence-corrected chi connectivity index (χ0v) is 17.0. The van der Waals surface area contributed by atoms with Crippen LogP contribution in [0.25, 0.3) is 5.69 Å². The number of carbonyl (C=O) groups excluding carboxylic acids is 2. The SMILES string of the molecule is Cc1c(C(=O)N(CCC2CCCCC2)CC(N)=O)cnn1-c1ccccc1Cl. The lowest BCUT2D eigenvalue weighted by Gasteiger charge is -2.26. The number of carbonyl (C=O) groups is 2. The van der Waals surface area contributed by atoms with Gasteiger partial charge in [0.25, 0.3) is 5.91 Å². The second-order valence-corrected chi connectivity index (χ2v) is 7.90. The van der Waals surface area contributed by atoms with E-state index in [1.807, 2.05) is 25.1 Å². The molecule has 0 bridgehead atoms. The van der Waals surface area contributed by atoms with E-state index in [9.17, 15) is 9.59 Å². The van der Waals surface area contributed by atoms with E-state index in [4.69, 9.17) is 17.3 Å². The molecule has 0 radical (unpaired) electrons. The molecule has 2 aromatic rings. The minimum atomic E-state index is -0.506. The molecule has 28 heavy (non-hydrogen) atoms. The number of hydrogen-bond acceptors (Lipinski definition) is 3. The normalized spacial score (nSPS) is 14.8. The molecule has 1 fully saturated rings. The molecule has 150 valence electrons. The van der Waals surface area contributed by atoms with E-state index in [-0.39, 0.29) is 12.5 Å². The summed E-state index contributed by atoms with van der Waals surface area (Å²) >= 11 is 6.27. The quantitative estimate of drug-likeness (QED) is 0.766.